The van der Waals surface area contributed by atoms with Gasteiger partial charge in [-0.1, -0.05) is 48.1 Å². The number of unbranched alkanes of at least 4 members (excludes halogenated alkanes) is 1. The van der Waals surface area contributed by atoms with Gasteiger partial charge in [0.2, 0.25) is 0 Å². The van der Waals surface area contributed by atoms with Crippen LogP contribution in [0.25, 0.3) is 0 Å². The molecule has 0 aromatic rings. The van der Waals surface area contributed by atoms with Crippen LogP contribution in [-0.4, -0.2) is 0 Å². The highest BCUT2D eigenvalue weighted by atomic mass is 14.0. The van der Waals surface area contributed by atoms with E-state index >= 15 is 0 Å². The highest BCUT2D eigenvalue weighted by Gasteiger charge is 1.91. The summed E-state index contributed by atoms with van der Waals surface area (Å²) >= 11 is 0. The van der Waals surface area contributed by atoms with Crippen LogP contribution >= 0.6 is 0 Å². The van der Waals surface area contributed by atoms with Crippen molar-refractivity contribution < 1.29 is 0 Å². The summed E-state index contributed by atoms with van der Waals surface area (Å²) in [6, 6.07) is 0. The minimum absolute atomic E-state index is 1.04. The van der Waals surface area contributed by atoms with Crippen molar-refractivity contribution in [2.45, 2.75) is 52.9 Å². The van der Waals surface area contributed by atoms with Crippen LogP contribution in [0.1, 0.15) is 52.9 Å². The lowest BCUT2D eigenvalue weighted by Crippen LogP contribution is -1.80. The fourth-order valence-electron chi connectivity index (χ4n) is 1.48. The van der Waals surface area contributed by atoms with Crippen molar-refractivity contribution in [3.05, 3.63) is 48.1 Å². The van der Waals surface area contributed by atoms with Crippen molar-refractivity contribution in [2.24, 2.45) is 0 Å². The van der Waals surface area contributed by atoms with Crippen molar-refractivity contribution in [2.75, 3.05) is 0 Å². The molecule has 0 aliphatic carbocycles. The van der Waals surface area contributed by atoms with Gasteiger partial charge in [-0.05, 0) is 52.9 Å². The summed E-state index contributed by atoms with van der Waals surface area (Å²) in [5.74, 6) is 0. The quantitative estimate of drug-likeness (QED) is 0.283. The van der Waals surface area contributed by atoms with Gasteiger partial charge < -0.3 is 0 Å². The van der Waals surface area contributed by atoms with Crippen LogP contribution in [0.15, 0.2) is 48.1 Å². The zero-order valence-corrected chi connectivity index (χ0v) is 11.2. The second-order valence-electron chi connectivity index (χ2n) is 4.63. The van der Waals surface area contributed by atoms with E-state index in [0.29, 0.717) is 0 Å². The first-order chi connectivity index (χ1) is 7.56. The van der Waals surface area contributed by atoms with Crippen molar-refractivity contribution >= 4 is 0 Å². The molecule has 0 saturated heterocycles. The van der Waals surface area contributed by atoms with Gasteiger partial charge in [-0.3, -0.25) is 0 Å². The minimum Gasteiger partial charge on any atom is -0.0988 e. The molecule has 0 aromatic carbocycles. The summed E-state index contributed by atoms with van der Waals surface area (Å²) in [6.45, 7) is 14.2. The van der Waals surface area contributed by atoms with Crippen LogP contribution in [0.5, 0.6) is 0 Å². The van der Waals surface area contributed by atoms with E-state index in [-0.39, 0.29) is 0 Å². The predicted octanol–water partition coefficient (Wildman–Crippen LogP) is 5.59. The maximum Gasteiger partial charge on any atom is -0.0250 e. The molecule has 0 fully saturated rings. The molecule has 0 heterocycles. The number of hydrogen-bond donors (Lipinski definition) is 0. The molecule has 0 nitrogen and oxygen atoms in total. The highest BCUT2D eigenvalue weighted by Crippen LogP contribution is 2.11. The van der Waals surface area contributed by atoms with E-state index in [4.69, 9.17) is 0 Å². The molecule has 16 heavy (non-hydrogen) atoms. The zero-order valence-electron chi connectivity index (χ0n) is 11.2. The molecule has 0 atom stereocenters. The van der Waals surface area contributed by atoms with Gasteiger partial charge in [-0.25, -0.2) is 0 Å². The average molecular weight is 218 g/mol. The van der Waals surface area contributed by atoms with E-state index in [9.17, 15) is 0 Å². The van der Waals surface area contributed by atoms with Crippen molar-refractivity contribution in [1.29, 1.82) is 0 Å². The minimum atomic E-state index is 1.04. The number of hydrogen-bond acceptors (Lipinski definition) is 0. The van der Waals surface area contributed by atoms with Gasteiger partial charge in [0, 0.05) is 0 Å². The first-order valence-corrected chi connectivity index (χ1v) is 6.15. The van der Waals surface area contributed by atoms with Crippen molar-refractivity contribution in [3.63, 3.8) is 0 Å². The van der Waals surface area contributed by atoms with E-state index in [1.807, 2.05) is 6.08 Å². The van der Waals surface area contributed by atoms with Crippen molar-refractivity contribution in [3.8, 4) is 0 Å². The van der Waals surface area contributed by atoms with Gasteiger partial charge in [-0.2, -0.15) is 0 Å². The molecule has 0 N–H and O–H groups in total. The van der Waals surface area contributed by atoms with Gasteiger partial charge in [0.05, 0.1) is 0 Å². The third kappa shape index (κ3) is 9.51. The number of rotatable bonds is 8. The van der Waals surface area contributed by atoms with Crippen LogP contribution in [0.3, 0.4) is 0 Å². The van der Waals surface area contributed by atoms with Crippen molar-refractivity contribution in [1.82, 2.24) is 0 Å². The standard InChI is InChI=1S/C16H26/c1-6-15(4)12-9-13-16(5)11-8-7-10-14(2)3/h6,10,13H,1,4,7-9,11-12H2,2-3,5H3/b16-13-. The molecule has 0 aliphatic rings. The third-order valence-corrected chi connectivity index (χ3v) is 2.57. The summed E-state index contributed by atoms with van der Waals surface area (Å²) in [6.07, 6.45) is 12.3. The first-order valence-electron chi connectivity index (χ1n) is 6.15. The summed E-state index contributed by atoms with van der Waals surface area (Å²) in [5.41, 5.74) is 4.05. The third-order valence-electron chi connectivity index (χ3n) is 2.57. The van der Waals surface area contributed by atoms with Gasteiger partial charge in [-0.15, -0.1) is 0 Å². The molecule has 0 spiro atoms. The first kappa shape index (κ1) is 15.0. The molecule has 0 aromatic heterocycles. The monoisotopic (exact) mass is 218 g/mol. The van der Waals surface area contributed by atoms with Gasteiger partial charge >= 0.3 is 0 Å². The summed E-state index contributed by atoms with van der Waals surface area (Å²) in [4.78, 5) is 0. The van der Waals surface area contributed by atoms with Crippen LogP contribution in [0.2, 0.25) is 0 Å². The Bertz CT molecular complexity index is 272. The van der Waals surface area contributed by atoms with E-state index in [1.165, 1.54) is 30.4 Å². The second kappa shape index (κ2) is 9.21. The molecule has 0 rings (SSSR count). The van der Waals surface area contributed by atoms with Crippen LogP contribution in [0, 0.1) is 0 Å². The highest BCUT2D eigenvalue weighted by molar-refractivity contribution is 5.12. The lowest BCUT2D eigenvalue weighted by Gasteiger charge is -2.01. The predicted molar refractivity (Wildman–Crippen MR) is 75.6 cm³/mol. The lowest BCUT2D eigenvalue weighted by atomic mass is 10.1. The molecule has 0 heteroatoms. The Morgan fingerprint density at radius 2 is 1.69 bits per heavy atom. The molecule has 0 aliphatic heterocycles. The fourth-order valence-corrected chi connectivity index (χ4v) is 1.48. The molecular weight excluding hydrogens is 192 g/mol. The summed E-state index contributed by atoms with van der Waals surface area (Å²) < 4.78 is 0. The Labute approximate surface area is 101 Å². The summed E-state index contributed by atoms with van der Waals surface area (Å²) in [7, 11) is 0. The molecule has 90 valence electrons. The average Bonchev–Trinajstić information content (AvgIpc) is 2.24. The Morgan fingerprint density at radius 3 is 2.25 bits per heavy atom. The maximum absolute atomic E-state index is 3.91. The fraction of sp³-hybridized carbons (Fsp3) is 0.500. The Morgan fingerprint density at radius 1 is 1.00 bits per heavy atom. The van der Waals surface area contributed by atoms with Crippen LogP contribution < -0.4 is 0 Å². The normalized spacial score (nSPS) is 11.1. The zero-order chi connectivity index (χ0) is 12.4. The topological polar surface area (TPSA) is 0 Å². The van der Waals surface area contributed by atoms with E-state index < -0.39 is 0 Å². The van der Waals surface area contributed by atoms with Crippen LogP contribution in [0.4, 0.5) is 0 Å². The smallest absolute Gasteiger partial charge is 0.0250 e. The molecule has 0 saturated carbocycles. The molecular formula is C16H26. The largest absolute Gasteiger partial charge is 0.0988 e. The Balaban J connectivity index is 3.67. The SMILES string of the molecule is C=CC(=C)CC/C=C(/C)CCCC=C(C)C. The van der Waals surface area contributed by atoms with E-state index in [2.05, 4.69) is 46.1 Å². The second-order valence-corrected chi connectivity index (χ2v) is 4.63. The molecule has 0 unspecified atom stereocenters. The van der Waals surface area contributed by atoms with Gasteiger partial charge in [0.25, 0.3) is 0 Å². The van der Waals surface area contributed by atoms with E-state index in [1.54, 1.807) is 0 Å². The van der Waals surface area contributed by atoms with E-state index in [0.717, 1.165) is 18.4 Å². The molecule has 0 radical (unpaired) electrons. The Hall–Kier alpha value is -1.04. The lowest BCUT2D eigenvalue weighted by molar-refractivity contribution is 0.819. The Kier molecular flexibility index (Phi) is 8.61. The maximum atomic E-state index is 3.91. The van der Waals surface area contributed by atoms with Crippen LogP contribution in [-0.2, 0) is 0 Å². The number of allylic oxidation sites excluding steroid dienone is 6. The molecule has 0 amide bonds. The van der Waals surface area contributed by atoms with Gasteiger partial charge in [0.15, 0.2) is 0 Å². The summed E-state index contributed by atoms with van der Waals surface area (Å²) in [5, 5.41) is 0. The van der Waals surface area contributed by atoms with Gasteiger partial charge in [0.1, 0.15) is 0 Å². The molecule has 0 bridgehead atoms.